The van der Waals surface area contributed by atoms with Gasteiger partial charge in [0.05, 0.1) is 23.3 Å². The number of nitriles is 1. The van der Waals surface area contributed by atoms with E-state index in [0.29, 0.717) is 0 Å². The van der Waals surface area contributed by atoms with Crippen LogP contribution >= 0.6 is 0 Å². The van der Waals surface area contributed by atoms with Gasteiger partial charge in [-0.15, -0.1) is 0 Å². The van der Waals surface area contributed by atoms with Crippen molar-refractivity contribution in [2.75, 3.05) is 0 Å². The number of pyridine rings is 1. The van der Waals surface area contributed by atoms with Crippen molar-refractivity contribution in [3.05, 3.63) is 33.2 Å². The lowest BCUT2D eigenvalue weighted by molar-refractivity contribution is 0.150. The van der Waals surface area contributed by atoms with Crippen LogP contribution in [0.1, 0.15) is 23.1 Å². The molecular formula is C8H6F2N2O2. The number of aliphatic hydroxyl groups excluding tert-OH is 1. The van der Waals surface area contributed by atoms with Gasteiger partial charge in [0.2, 0.25) is 0 Å². The summed E-state index contributed by atoms with van der Waals surface area (Å²) in [5, 5.41) is 17.3. The van der Waals surface area contributed by atoms with Crippen LogP contribution in [0.3, 0.4) is 0 Å². The number of aromatic nitrogens is 1. The lowest BCUT2D eigenvalue weighted by Crippen LogP contribution is -2.16. The Balaban J connectivity index is 3.51. The second kappa shape index (κ2) is 3.98. The Morgan fingerprint density at radius 3 is 2.71 bits per heavy atom. The second-order valence-corrected chi connectivity index (χ2v) is 2.50. The summed E-state index contributed by atoms with van der Waals surface area (Å²) in [7, 11) is 0. The first-order chi connectivity index (χ1) is 6.61. The number of hydrogen-bond donors (Lipinski definition) is 2. The van der Waals surface area contributed by atoms with Crippen LogP contribution in [0.2, 0.25) is 0 Å². The largest absolute Gasteiger partial charge is 0.391 e. The Labute approximate surface area is 77.4 Å². The van der Waals surface area contributed by atoms with Crippen molar-refractivity contribution in [3.8, 4) is 6.07 Å². The van der Waals surface area contributed by atoms with Gasteiger partial charge in [-0.2, -0.15) is 5.26 Å². The number of aliphatic hydroxyl groups is 1. The summed E-state index contributed by atoms with van der Waals surface area (Å²) in [5.74, 6) is 0. The van der Waals surface area contributed by atoms with E-state index in [2.05, 4.69) is 0 Å². The fourth-order valence-corrected chi connectivity index (χ4v) is 1.05. The molecule has 0 atom stereocenters. The molecule has 1 heterocycles. The molecule has 0 aliphatic rings. The molecule has 0 aliphatic carbocycles. The highest BCUT2D eigenvalue weighted by molar-refractivity contribution is 5.42. The molecule has 1 rings (SSSR count). The molecule has 0 unspecified atom stereocenters. The molecule has 6 heteroatoms. The summed E-state index contributed by atoms with van der Waals surface area (Å²) in [6.07, 6.45) is -2.07. The topological polar surface area (TPSA) is 76.9 Å². The van der Waals surface area contributed by atoms with Crippen molar-refractivity contribution in [1.29, 1.82) is 5.26 Å². The molecule has 0 radical (unpaired) electrons. The molecule has 4 nitrogen and oxygen atoms in total. The number of aromatic amines is 1. The van der Waals surface area contributed by atoms with Gasteiger partial charge in [0.15, 0.2) is 0 Å². The normalized spacial score (nSPS) is 10.2. The third kappa shape index (κ3) is 1.63. The number of rotatable bonds is 2. The molecule has 1 aromatic rings. The summed E-state index contributed by atoms with van der Waals surface area (Å²) in [6.45, 7) is -0.737. The van der Waals surface area contributed by atoms with E-state index < -0.39 is 29.7 Å². The average Bonchev–Trinajstić information content (AvgIpc) is 2.16. The highest BCUT2D eigenvalue weighted by Crippen LogP contribution is 2.22. The van der Waals surface area contributed by atoms with Gasteiger partial charge in [0, 0.05) is 6.20 Å². The van der Waals surface area contributed by atoms with Crippen molar-refractivity contribution < 1.29 is 13.9 Å². The van der Waals surface area contributed by atoms with E-state index in [4.69, 9.17) is 10.4 Å². The number of nitrogens with zero attached hydrogens (tertiary/aromatic N) is 1. The van der Waals surface area contributed by atoms with Gasteiger partial charge in [-0.25, -0.2) is 8.78 Å². The molecule has 0 aliphatic heterocycles. The Morgan fingerprint density at radius 1 is 1.64 bits per heavy atom. The van der Waals surface area contributed by atoms with Crippen LogP contribution in [-0.2, 0) is 6.61 Å². The molecule has 1 aromatic heterocycles. The maximum atomic E-state index is 12.3. The predicted molar refractivity (Wildman–Crippen MR) is 42.7 cm³/mol. The van der Waals surface area contributed by atoms with E-state index >= 15 is 0 Å². The average molecular weight is 200 g/mol. The monoisotopic (exact) mass is 200 g/mol. The van der Waals surface area contributed by atoms with Crippen molar-refractivity contribution in [2.45, 2.75) is 13.0 Å². The fraction of sp³-hybridized carbons (Fsp3) is 0.250. The smallest absolute Gasteiger partial charge is 0.266 e. The summed E-state index contributed by atoms with van der Waals surface area (Å²) in [6, 6.07) is 1.48. The van der Waals surface area contributed by atoms with Crippen LogP contribution in [0.4, 0.5) is 8.78 Å². The molecular weight excluding hydrogens is 194 g/mol. The molecule has 0 fully saturated rings. The number of alkyl halides is 2. The number of H-pyrrole nitrogens is 1. The molecule has 0 amide bonds. The minimum atomic E-state index is -2.85. The third-order valence-corrected chi connectivity index (χ3v) is 1.73. The van der Waals surface area contributed by atoms with E-state index in [-0.39, 0.29) is 5.56 Å². The molecule has 0 saturated carbocycles. The first-order valence-electron chi connectivity index (χ1n) is 3.65. The number of nitrogens with one attached hydrogen (secondary N) is 1. The minimum Gasteiger partial charge on any atom is -0.391 e. The van der Waals surface area contributed by atoms with Crippen LogP contribution in [0.25, 0.3) is 0 Å². The zero-order valence-electron chi connectivity index (χ0n) is 6.92. The number of halogens is 2. The minimum absolute atomic E-state index is 0.328. The van der Waals surface area contributed by atoms with Gasteiger partial charge in [-0.1, -0.05) is 0 Å². The molecule has 14 heavy (non-hydrogen) atoms. The third-order valence-electron chi connectivity index (χ3n) is 1.73. The van der Waals surface area contributed by atoms with Crippen molar-refractivity contribution in [3.63, 3.8) is 0 Å². The first kappa shape index (κ1) is 10.3. The van der Waals surface area contributed by atoms with E-state index in [0.717, 1.165) is 6.20 Å². The van der Waals surface area contributed by atoms with E-state index in [9.17, 15) is 13.6 Å². The summed E-state index contributed by atoms with van der Waals surface area (Å²) in [5.41, 5.74) is -2.08. The maximum absolute atomic E-state index is 12.3. The maximum Gasteiger partial charge on any atom is 0.266 e. The number of hydrogen-bond acceptors (Lipinski definition) is 3. The van der Waals surface area contributed by atoms with Gasteiger partial charge >= 0.3 is 0 Å². The molecule has 0 saturated heterocycles. The van der Waals surface area contributed by atoms with Crippen LogP contribution in [0.15, 0.2) is 11.0 Å². The summed E-state index contributed by atoms with van der Waals surface area (Å²) >= 11 is 0. The Hall–Kier alpha value is -1.74. The standard InChI is InChI=1S/C8H6F2N2O2/c9-7(10)5-2-12-8(14)6(3-13)4(5)1-11/h2,7,13H,3H2,(H,12,14). The highest BCUT2D eigenvalue weighted by atomic mass is 19.3. The fourth-order valence-electron chi connectivity index (χ4n) is 1.05. The quantitative estimate of drug-likeness (QED) is 0.736. The van der Waals surface area contributed by atoms with Crippen molar-refractivity contribution in [2.24, 2.45) is 0 Å². The van der Waals surface area contributed by atoms with Gasteiger partial charge < -0.3 is 10.1 Å². The Kier molecular flexibility index (Phi) is 2.94. The molecule has 0 spiro atoms. The van der Waals surface area contributed by atoms with E-state index in [1.807, 2.05) is 4.98 Å². The zero-order chi connectivity index (χ0) is 10.7. The Bertz CT molecular complexity index is 434. The summed E-state index contributed by atoms with van der Waals surface area (Å²) < 4.78 is 24.6. The molecule has 74 valence electrons. The summed E-state index contributed by atoms with van der Waals surface area (Å²) in [4.78, 5) is 13.0. The van der Waals surface area contributed by atoms with E-state index in [1.165, 1.54) is 6.07 Å². The van der Waals surface area contributed by atoms with Gasteiger partial charge in [-0.05, 0) is 0 Å². The second-order valence-electron chi connectivity index (χ2n) is 2.50. The Morgan fingerprint density at radius 2 is 2.29 bits per heavy atom. The predicted octanol–water partition coefficient (Wildman–Crippen LogP) is 0.676. The lowest BCUT2D eigenvalue weighted by Gasteiger charge is -2.04. The van der Waals surface area contributed by atoms with Crippen LogP contribution in [0, 0.1) is 11.3 Å². The highest BCUT2D eigenvalue weighted by Gasteiger charge is 2.18. The molecule has 2 N–H and O–H groups in total. The van der Waals surface area contributed by atoms with Gasteiger partial charge in [-0.3, -0.25) is 4.79 Å². The van der Waals surface area contributed by atoms with Crippen molar-refractivity contribution in [1.82, 2.24) is 4.98 Å². The zero-order valence-corrected chi connectivity index (χ0v) is 6.92. The van der Waals surface area contributed by atoms with Crippen LogP contribution in [0.5, 0.6) is 0 Å². The molecule has 0 bridgehead atoms. The SMILES string of the molecule is N#Cc1c(C(F)F)c[nH]c(=O)c1CO. The van der Waals surface area contributed by atoms with E-state index in [1.54, 1.807) is 0 Å². The molecule has 0 aromatic carbocycles. The van der Waals surface area contributed by atoms with Crippen LogP contribution in [-0.4, -0.2) is 10.1 Å². The van der Waals surface area contributed by atoms with Gasteiger partial charge in [0.1, 0.15) is 6.07 Å². The van der Waals surface area contributed by atoms with Crippen LogP contribution < -0.4 is 5.56 Å². The first-order valence-corrected chi connectivity index (χ1v) is 3.65. The lowest BCUT2D eigenvalue weighted by atomic mass is 10.1. The van der Waals surface area contributed by atoms with Gasteiger partial charge in [0.25, 0.3) is 12.0 Å². The van der Waals surface area contributed by atoms with Crippen molar-refractivity contribution >= 4 is 0 Å².